The van der Waals surface area contributed by atoms with Crippen LogP contribution < -0.4 is 0 Å². The highest BCUT2D eigenvalue weighted by Crippen LogP contribution is 2.34. The lowest BCUT2D eigenvalue weighted by molar-refractivity contribution is -0.380. The number of ether oxygens (including phenoxy) is 1. The van der Waals surface area contributed by atoms with Crippen molar-refractivity contribution in [1.82, 2.24) is 0 Å². The van der Waals surface area contributed by atoms with Crippen molar-refractivity contribution in [1.29, 1.82) is 0 Å². The van der Waals surface area contributed by atoms with Gasteiger partial charge >= 0.3 is 6.36 Å². The van der Waals surface area contributed by atoms with Crippen LogP contribution in [-0.4, -0.2) is 12.2 Å². The van der Waals surface area contributed by atoms with Crippen LogP contribution in [0.15, 0.2) is 23.8 Å². The predicted octanol–water partition coefficient (Wildman–Crippen LogP) is 2.91. The molecule has 73 valence electrons. The molecular formula is C8H7F4O. The molecule has 0 aromatic rings. The second-order valence-corrected chi connectivity index (χ2v) is 2.69. The standard InChI is InChI=1S/C8H7F4O/c1-6-3-2-4-7(9,5-6)13-8(10,11)12/h2-4H,1,5H2. The fraction of sp³-hybridized carbons (Fsp3) is 0.375. The van der Waals surface area contributed by atoms with E-state index in [0.717, 1.165) is 12.2 Å². The fourth-order valence-electron chi connectivity index (χ4n) is 1.02. The van der Waals surface area contributed by atoms with E-state index in [9.17, 15) is 17.6 Å². The van der Waals surface area contributed by atoms with Gasteiger partial charge in [0.2, 0.25) is 5.85 Å². The lowest BCUT2D eigenvalue weighted by Crippen LogP contribution is -2.33. The van der Waals surface area contributed by atoms with Crippen LogP contribution >= 0.6 is 0 Å². The molecule has 1 aliphatic carbocycles. The Morgan fingerprint density at radius 3 is 2.54 bits per heavy atom. The van der Waals surface area contributed by atoms with E-state index in [1.165, 1.54) is 6.08 Å². The Kier molecular flexibility index (Phi) is 2.47. The van der Waals surface area contributed by atoms with Crippen molar-refractivity contribution >= 4 is 0 Å². The summed E-state index contributed by atoms with van der Waals surface area (Å²) in [6.07, 6.45) is -2.18. The van der Waals surface area contributed by atoms with Crippen LogP contribution in [0.5, 0.6) is 0 Å². The Hall–Kier alpha value is -0.840. The number of halogens is 4. The maximum Gasteiger partial charge on any atom is 0.525 e. The molecule has 1 unspecified atom stereocenters. The summed E-state index contributed by atoms with van der Waals surface area (Å²) in [4.78, 5) is 0. The van der Waals surface area contributed by atoms with E-state index in [1.54, 1.807) is 0 Å². The van der Waals surface area contributed by atoms with Gasteiger partial charge in [-0.25, -0.2) is 4.39 Å². The van der Waals surface area contributed by atoms with Crippen LogP contribution in [0.4, 0.5) is 17.6 Å². The van der Waals surface area contributed by atoms with Crippen LogP contribution in [-0.2, 0) is 4.74 Å². The Morgan fingerprint density at radius 2 is 2.08 bits per heavy atom. The summed E-state index contributed by atoms with van der Waals surface area (Å²) >= 11 is 0. The molecule has 0 spiro atoms. The number of alkyl halides is 4. The SMILES string of the molecule is [CH2]C1=CC=CC(F)(OC(F)(F)F)C1. The Labute approximate surface area is 72.7 Å². The topological polar surface area (TPSA) is 9.23 Å². The highest BCUT2D eigenvalue weighted by atomic mass is 19.4. The van der Waals surface area contributed by atoms with E-state index in [2.05, 4.69) is 11.7 Å². The first kappa shape index (κ1) is 10.2. The molecule has 1 nitrogen and oxygen atoms in total. The molecule has 0 aromatic carbocycles. The molecule has 5 heteroatoms. The molecule has 0 bridgehead atoms. The Bertz CT molecular complexity index is 253. The van der Waals surface area contributed by atoms with Gasteiger partial charge in [-0.3, -0.25) is 4.74 Å². The van der Waals surface area contributed by atoms with Crippen LogP contribution in [0.25, 0.3) is 0 Å². The third-order valence-electron chi connectivity index (χ3n) is 1.43. The second kappa shape index (κ2) is 3.14. The molecule has 0 aromatic heterocycles. The van der Waals surface area contributed by atoms with Gasteiger partial charge in [0.15, 0.2) is 0 Å². The van der Waals surface area contributed by atoms with Crippen LogP contribution in [0.3, 0.4) is 0 Å². The summed E-state index contributed by atoms with van der Waals surface area (Å²) in [6, 6.07) is 0. The van der Waals surface area contributed by atoms with Gasteiger partial charge in [0.1, 0.15) is 0 Å². The van der Waals surface area contributed by atoms with Gasteiger partial charge in [-0.1, -0.05) is 17.7 Å². The molecule has 13 heavy (non-hydrogen) atoms. The van der Waals surface area contributed by atoms with Gasteiger partial charge in [0.25, 0.3) is 0 Å². The number of hydrogen-bond acceptors (Lipinski definition) is 1. The molecule has 0 saturated heterocycles. The third-order valence-corrected chi connectivity index (χ3v) is 1.43. The van der Waals surface area contributed by atoms with Crippen molar-refractivity contribution in [3.05, 3.63) is 30.7 Å². The van der Waals surface area contributed by atoms with E-state index in [-0.39, 0.29) is 5.57 Å². The summed E-state index contributed by atoms with van der Waals surface area (Å²) in [5, 5.41) is 0. The van der Waals surface area contributed by atoms with Crippen LogP contribution in [0, 0.1) is 6.92 Å². The average Bonchev–Trinajstić information content (AvgIpc) is 1.79. The van der Waals surface area contributed by atoms with Gasteiger partial charge in [0, 0.05) is 6.42 Å². The quantitative estimate of drug-likeness (QED) is 0.584. The average molecular weight is 195 g/mol. The zero-order chi connectivity index (χ0) is 10.1. The predicted molar refractivity (Wildman–Crippen MR) is 38.2 cm³/mol. The van der Waals surface area contributed by atoms with E-state index < -0.39 is 18.6 Å². The van der Waals surface area contributed by atoms with Gasteiger partial charge in [-0.15, -0.1) is 13.2 Å². The van der Waals surface area contributed by atoms with Crippen LogP contribution in [0.1, 0.15) is 6.42 Å². The number of hydrogen-bond donors (Lipinski definition) is 0. The van der Waals surface area contributed by atoms with E-state index in [0.29, 0.717) is 0 Å². The molecule has 1 rings (SSSR count). The monoisotopic (exact) mass is 195 g/mol. The van der Waals surface area contributed by atoms with Crippen molar-refractivity contribution in [2.24, 2.45) is 0 Å². The highest BCUT2D eigenvalue weighted by Gasteiger charge is 2.43. The largest absolute Gasteiger partial charge is 0.525 e. The first-order valence-electron chi connectivity index (χ1n) is 3.47. The molecule has 1 aliphatic rings. The summed E-state index contributed by atoms with van der Waals surface area (Å²) in [6.45, 7) is 3.35. The molecule has 0 aliphatic heterocycles. The molecule has 0 fully saturated rings. The molecule has 0 saturated carbocycles. The van der Waals surface area contributed by atoms with Crippen molar-refractivity contribution < 1.29 is 22.3 Å². The Balaban J connectivity index is 2.69. The maximum atomic E-state index is 13.2. The summed E-state index contributed by atoms with van der Waals surface area (Å²) < 4.78 is 51.5. The first-order valence-corrected chi connectivity index (χ1v) is 3.47. The zero-order valence-electron chi connectivity index (χ0n) is 6.57. The van der Waals surface area contributed by atoms with E-state index in [4.69, 9.17) is 0 Å². The van der Waals surface area contributed by atoms with Crippen molar-refractivity contribution in [2.45, 2.75) is 18.6 Å². The first-order chi connectivity index (χ1) is 5.81. The number of allylic oxidation sites excluding steroid dienone is 2. The summed E-state index contributed by atoms with van der Waals surface area (Å²) in [5.74, 6) is -2.80. The minimum atomic E-state index is -4.98. The lowest BCUT2D eigenvalue weighted by Gasteiger charge is -2.25. The second-order valence-electron chi connectivity index (χ2n) is 2.69. The van der Waals surface area contributed by atoms with Crippen LogP contribution in [0.2, 0.25) is 0 Å². The number of rotatable bonds is 1. The van der Waals surface area contributed by atoms with Gasteiger partial charge in [-0.05, 0) is 13.0 Å². The normalized spacial score (nSPS) is 28.8. The highest BCUT2D eigenvalue weighted by molar-refractivity contribution is 5.24. The van der Waals surface area contributed by atoms with Gasteiger partial charge in [0.05, 0.1) is 0 Å². The molecule has 0 heterocycles. The maximum absolute atomic E-state index is 13.2. The molecule has 1 atom stereocenters. The van der Waals surface area contributed by atoms with Crippen molar-refractivity contribution in [2.75, 3.05) is 0 Å². The molecular weight excluding hydrogens is 188 g/mol. The molecule has 0 N–H and O–H groups in total. The van der Waals surface area contributed by atoms with E-state index >= 15 is 0 Å². The minimum Gasteiger partial charge on any atom is -0.250 e. The Morgan fingerprint density at radius 1 is 1.46 bits per heavy atom. The zero-order valence-corrected chi connectivity index (χ0v) is 6.57. The van der Waals surface area contributed by atoms with Gasteiger partial charge < -0.3 is 0 Å². The smallest absolute Gasteiger partial charge is 0.250 e. The van der Waals surface area contributed by atoms with E-state index in [1.807, 2.05) is 0 Å². The van der Waals surface area contributed by atoms with Crippen molar-refractivity contribution in [3.8, 4) is 0 Å². The molecule has 1 radical (unpaired) electrons. The lowest BCUT2D eigenvalue weighted by atomic mass is 10.0. The summed E-state index contributed by atoms with van der Waals surface area (Å²) in [7, 11) is 0. The molecule has 0 amide bonds. The fourth-order valence-corrected chi connectivity index (χ4v) is 1.02. The van der Waals surface area contributed by atoms with Gasteiger partial charge in [-0.2, -0.15) is 0 Å². The third kappa shape index (κ3) is 3.18. The van der Waals surface area contributed by atoms with Crippen molar-refractivity contribution in [3.63, 3.8) is 0 Å². The minimum absolute atomic E-state index is 0.259. The summed E-state index contributed by atoms with van der Waals surface area (Å²) in [5.41, 5.74) is 0.259.